The predicted octanol–water partition coefficient (Wildman–Crippen LogP) is 0.957. The predicted molar refractivity (Wildman–Crippen MR) is 65.2 cm³/mol. The van der Waals surface area contributed by atoms with Gasteiger partial charge in [0.1, 0.15) is 11.6 Å². The van der Waals surface area contributed by atoms with Gasteiger partial charge in [-0.25, -0.2) is 9.97 Å². The van der Waals surface area contributed by atoms with E-state index in [1.165, 1.54) is 32.4 Å². The number of aromatic nitrogens is 2. The Morgan fingerprint density at radius 2 is 2.00 bits per heavy atom. The Hall–Kier alpha value is -1.36. The fourth-order valence-corrected chi connectivity index (χ4v) is 1.95. The van der Waals surface area contributed by atoms with Crippen molar-refractivity contribution >= 4 is 11.6 Å². The van der Waals surface area contributed by atoms with E-state index >= 15 is 0 Å². The molecule has 3 N–H and O–H groups in total. The monoisotopic (exact) mass is 221 g/mol. The first-order chi connectivity index (χ1) is 7.84. The quantitative estimate of drug-likeness (QED) is 0.792. The summed E-state index contributed by atoms with van der Waals surface area (Å²) >= 11 is 0. The second-order valence-corrected chi connectivity index (χ2v) is 4.16. The number of likely N-dealkylation sites (tertiary alicyclic amines) is 1. The van der Waals surface area contributed by atoms with E-state index < -0.39 is 0 Å². The molecule has 0 radical (unpaired) electrons. The molecule has 1 aromatic rings. The summed E-state index contributed by atoms with van der Waals surface area (Å²) in [6, 6.07) is 0. The molecule has 0 saturated carbocycles. The highest BCUT2D eigenvalue weighted by molar-refractivity contribution is 5.35. The zero-order valence-corrected chi connectivity index (χ0v) is 9.52. The van der Waals surface area contributed by atoms with Gasteiger partial charge in [0.05, 0.1) is 12.4 Å². The van der Waals surface area contributed by atoms with Gasteiger partial charge in [-0.1, -0.05) is 6.42 Å². The summed E-state index contributed by atoms with van der Waals surface area (Å²) in [5.74, 6) is 1.26. The zero-order valence-electron chi connectivity index (χ0n) is 9.52. The average Bonchev–Trinajstić information content (AvgIpc) is 2.33. The van der Waals surface area contributed by atoms with Crippen LogP contribution in [0.4, 0.5) is 11.6 Å². The maximum atomic E-state index is 5.46. The molecule has 1 aromatic heterocycles. The molecule has 1 aliphatic rings. The van der Waals surface area contributed by atoms with Gasteiger partial charge in [0.25, 0.3) is 0 Å². The van der Waals surface area contributed by atoms with E-state index in [9.17, 15) is 0 Å². The molecular weight excluding hydrogens is 202 g/mol. The van der Waals surface area contributed by atoms with Crippen LogP contribution in [0.25, 0.3) is 0 Å². The summed E-state index contributed by atoms with van der Waals surface area (Å²) in [6.07, 6.45) is 7.30. The Bertz CT molecular complexity index is 305. The van der Waals surface area contributed by atoms with E-state index in [2.05, 4.69) is 20.2 Å². The van der Waals surface area contributed by atoms with E-state index in [0.29, 0.717) is 5.82 Å². The van der Waals surface area contributed by atoms with Crippen LogP contribution in [0.15, 0.2) is 12.4 Å². The van der Waals surface area contributed by atoms with E-state index in [1.54, 1.807) is 12.4 Å². The summed E-state index contributed by atoms with van der Waals surface area (Å²) in [5, 5.41) is 3.25. The summed E-state index contributed by atoms with van der Waals surface area (Å²) in [7, 11) is 0. The van der Waals surface area contributed by atoms with Crippen LogP contribution in [-0.4, -0.2) is 41.0 Å². The van der Waals surface area contributed by atoms with Crippen LogP contribution in [0, 0.1) is 0 Å². The lowest BCUT2D eigenvalue weighted by Gasteiger charge is -2.26. The summed E-state index contributed by atoms with van der Waals surface area (Å²) in [4.78, 5) is 10.6. The Kier molecular flexibility index (Phi) is 3.93. The molecule has 0 amide bonds. The first-order valence-corrected chi connectivity index (χ1v) is 5.88. The molecule has 0 bridgehead atoms. The highest BCUT2D eigenvalue weighted by Crippen LogP contribution is 2.08. The Morgan fingerprint density at radius 3 is 2.69 bits per heavy atom. The average molecular weight is 221 g/mol. The first kappa shape index (κ1) is 11.1. The van der Waals surface area contributed by atoms with Crippen molar-refractivity contribution in [3.05, 3.63) is 12.4 Å². The number of nitrogen functional groups attached to an aromatic ring is 1. The molecule has 0 unspecified atom stereocenters. The summed E-state index contributed by atoms with van der Waals surface area (Å²) < 4.78 is 0. The van der Waals surface area contributed by atoms with Crippen molar-refractivity contribution in [2.75, 3.05) is 37.2 Å². The fraction of sp³-hybridized carbons (Fsp3) is 0.636. The topological polar surface area (TPSA) is 67.1 Å². The first-order valence-electron chi connectivity index (χ1n) is 5.88. The number of nitrogens with two attached hydrogens (primary N) is 1. The van der Waals surface area contributed by atoms with E-state index in [4.69, 9.17) is 5.73 Å². The molecule has 0 atom stereocenters. The number of piperidine rings is 1. The lowest BCUT2D eigenvalue weighted by Crippen LogP contribution is -2.33. The van der Waals surface area contributed by atoms with Crippen molar-refractivity contribution in [3.63, 3.8) is 0 Å². The Labute approximate surface area is 96.1 Å². The van der Waals surface area contributed by atoms with Gasteiger partial charge in [0, 0.05) is 13.1 Å². The minimum atomic E-state index is 0.460. The minimum absolute atomic E-state index is 0.460. The van der Waals surface area contributed by atoms with E-state index in [1.807, 2.05) is 0 Å². The maximum absolute atomic E-state index is 5.46. The van der Waals surface area contributed by atoms with Gasteiger partial charge in [0.15, 0.2) is 0 Å². The number of nitrogens with one attached hydrogen (secondary N) is 1. The second-order valence-electron chi connectivity index (χ2n) is 4.16. The molecule has 16 heavy (non-hydrogen) atoms. The molecule has 1 saturated heterocycles. The number of rotatable bonds is 4. The van der Waals surface area contributed by atoms with Crippen LogP contribution in [0.3, 0.4) is 0 Å². The highest BCUT2D eigenvalue weighted by Gasteiger charge is 2.08. The van der Waals surface area contributed by atoms with Gasteiger partial charge in [0.2, 0.25) is 0 Å². The summed E-state index contributed by atoms with van der Waals surface area (Å²) in [5.41, 5.74) is 5.46. The number of anilines is 2. The normalized spacial score (nSPS) is 17.2. The van der Waals surface area contributed by atoms with Crippen molar-refractivity contribution in [2.45, 2.75) is 19.3 Å². The van der Waals surface area contributed by atoms with Crippen LogP contribution >= 0.6 is 0 Å². The van der Waals surface area contributed by atoms with Crippen molar-refractivity contribution in [3.8, 4) is 0 Å². The van der Waals surface area contributed by atoms with Gasteiger partial charge < -0.3 is 16.0 Å². The van der Waals surface area contributed by atoms with Crippen LogP contribution in [0.1, 0.15) is 19.3 Å². The molecule has 0 aromatic carbocycles. The van der Waals surface area contributed by atoms with Crippen LogP contribution < -0.4 is 11.1 Å². The molecule has 2 rings (SSSR count). The van der Waals surface area contributed by atoms with E-state index in [0.717, 1.165) is 18.9 Å². The molecule has 5 nitrogen and oxygen atoms in total. The molecule has 5 heteroatoms. The third-order valence-electron chi connectivity index (χ3n) is 2.85. The second kappa shape index (κ2) is 5.65. The van der Waals surface area contributed by atoms with E-state index in [-0.39, 0.29) is 0 Å². The largest absolute Gasteiger partial charge is 0.382 e. The highest BCUT2D eigenvalue weighted by atomic mass is 15.1. The van der Waals surface area contributed by atoms with Crippen LogP contribution in [0.5, 0.6) is 0 Å². The van der Waals surface area contributed by atoms with Crippen molar-refractivity contribution in [1.29, 1.82) is 0 Å². The molecular formula is C11H19N5. The molecule has 0 spiro atoms. The molecule has 1 fully saturated rings. The maximum Gasteiger partial charge on any atom is 0.144 e. The van der Waals surface area contributed by atoms with Crippen LogP contribution in [-0.2, 0) is 0 Å². The Morgan fingerprint density at radius 1 is 1.19 bits per heavy atom. The van der Waals surface area contributed by atoms with Gasteiger partial charge in [-0.15, -0.1) is 0 Å². The lowest BCUT2D eigenvalue weighted by atomic mass is 10.1. The van der Waals surface area contributed by atoms with Gasteiger partial charge in [-0.2, -0.15) is 0 Å². The fourth-order valence-electron chi connectivity index (χ4n) is 1.95. The molecule has 88 valence electrons. The SMILES string of the molecule is Nc1cnc(NCCN2CCCCC2)cn1. The lowest BCUT2D eigenvalue weighted by molar-refractivity contribution is 0.237. The zero-order chi connectivity index (χ0) is 11.2. The molecule has 1 aliphatic heterocycles. The van der Waals surface area contributed by atoms with Gasteiger partial charge in [-0.05, 0) is 25.9 Å². The number of nitrogens with zero attached hydrogens (tertiary/aromatic N) is 3. The number of hydrogen-bond acceptors (Lipinski definition) is 5. The smallest absolute Gasteiger partial charge is 0.144 e. The van der Waals surface area contributed by atoms with Gasteiger partial charge in [-0.3, -0.25) is 0 Å². The molecule has 0 aliphatic carbocycles. The van der Waals surface area contributed by atoms with Crippen LogP contribution in [0.2, 0.25) is 0 Å². The molecule has 2 heterocycles. The minimum Gasteiger partial charge on any atom is -0.382 e. The third kappa shape index (κ3) is 3.34. The summed E-state index contributed by atoms with van der Waals surface area (Å²) in [6.45, 7) is 4.45. The van der Waals surface area contributed by atoms with Crippen molar-refractivity contribution < 1.29 is 0 Å². The van der Waals surface area contributed by atoms with Crippen molar-refractivity contribution in [2.24, 2.45) is 0 Å². The van der Waals surface area contributed by atoms with Gasteiger partial charge >= 0.3 is 0 Å². The number of hydrogen-bond donors (Lipinski definition) is 2. The van der Waals surface area contributed by atoms with Crippen molar-refractivity contribution in [1.82, 2.24) is 14.9 Å². The third-order valence-corrected chi connectivity index (χ3v) is 2.85. The Balaban J connectivity index is 1.69. The standard InChI is InChI=1S/C11H19N5/c12-10-8-15-11(9-14-10)13-4-7-16-5-2-1-3-6-16/h8-9H,1-7H2,(H2,12,14)(H,13,15).